The van der Waals surface area contributed by atoms with Crippen LogP contribution in [-0.2, 0) is 5.41 Å². The van der Waals surface area contributed by atoms with Crippen LogP contribution in [0.3, 0.4) is 0 Å². The molecule has 9 aromatic carbocycles. The minimum Gasteiger partial charge on any atom is -0.456 e. The Balaban J connectivity index is 0.981. The second-order valence-electron chi connectivity index (χ2n) is 16.0. The van der Waals surface area contributed by atoms with Crippen molar-refractivity contribution in [3.8, 4) is 44.9 Å². The van der Waals surface area contributed by atoms with E-state index in [0.717, 1.165) is 83.9 Å². The predicted octanol–water partition coefficient (Wildman–Crippen LogP) is 15.6. The average molecular weight is 782 g/mol. The molecule has 286 valence electrons. The molecule has 61 heavy (non-hydrogen) atoms. The third-order valence-corrected chi connectivity index (χ3v) is 12.8. The number of benzene rings is 9. The van der Waals surface area contributed by atoms with E-state index in [2.05, 4.69) is 205 Å². The van der Waals surface area contributed by atoms with Crippen LogP contribution in [0, 0.1) is 0 Å². The first-order chi connectivity index (χ1) is 30.2. The number of fused-ring (bicyclic) bond motifs is 14. The van der Waals surface area contributed by atoms with Crippen LogP contribution in [0.1, 0.15) is 22.5 Å². The van der Waals surface area contributed by atoms with Crippen molar-refractivity contribution >= 4 is 50.0 Å². The molecule has 4 nitrogen and oxygen atoms in total. The molecule has 0 atom stereocenters. The molecular weight excluding hydrogens is 747 g/mol. The highest BCUT2D eigenvalue weighted by atomic mass is 16.5. The maximum Gasteiger partial charge on any atom is 0.178 e. The fourth-order valence-electron chi connectivity index (χ4n) is 10.0. The van der Waals surface area contributed by atoms with Crippen molar-refractivity contribution in [3.05, 3.63) is 235 Å². The second-order valence-corrected chi connectivity index (χ2v) is 16.0. The molecule has 0 bridgehead atoms. The van der Waals surface area contributed by atoms with Gasteiger partial charge in [-0.3, -0.25) is 0 Å². The second kappa shape index (κ2) is 13.0. The van der Waals surface area contributed by atoms with E-state index in [9.17, 15) is 0 Å². The predicted molar refractivity (Wildman–Crippen MR) is 246 cm³/mol. The zero-order valence-electron chi connectivity index (χ0n) is 32.9. The monoisotopic (exact) mass is 781 g/mol. The van der Waals surface area contributed by atoms with E-state index in [4.69, 9.17) is 13.6 Å². The minimum absolute atomic E-state index is 0.683. The van der Waals surface area contributed by atoms with Gasteiger partial charge in [-0.15, -0.1) is 0 Å². The van der Waals surface area contributed by atoms with Gasteiger partial charge in [-0.2, -0.15) is 0 Å². The van der Waals surface area contributed by atoms with E-state index >= 15 is 0 Å². The maximum atomic E-state index is 7.08. The van der Waals surface area contributed by atoms with Crippen molar-refractivity contribution in [2.45, 2.75) is 5.41 Å². The van der Waals surface area contributed by atoms with E-state index in [-0.39, 0.29) is 0 Å². The molecule has 1 aliphatic heterocycles. The summed E-state index contributed by atoms with van der Waals surface area (Å²) < 4.78 is 20.5. The molecule has 0 saturated carbocycles. The van der Waals surface area contributed by atoms with Gasteiger partial charge in [-0.1, -0.05) is 152 Å². The molecule has 0 fully saturated rings. The molecule has 11 aromatic rings. The zero-order chi connectivity index (χ0) is 40.1. The summed E-state index contributed by atoms with van der Waals surface area (Å²) in [5.74, 6) is 2.37. The molecule has 2 aliphatic rings. The highest BCUT2D eigenvalue weighted by Crippen LogP contribution is 2.63. The molecular formula is C57H35NO3. The Labute approximate surface area is 352 Å². The Morgan fingerprint density at radius 1 is 0.344 bits per heavy atom. The largest absolute Gasteiger partial charge is 0.456 e. The lowest BCUT2D eigenvalue weighted by Crippen LogP contribution is -2.31. The van der Waals surface area contributed by atoms with E-state index in [1.165, 1.54) is 33.4 Å². The Morgan fingerprint density at radius 3 is 1.61 bits per heavy atom. The van der Waals surface area contributed by atoms with E-state index < -0.39 is 5.41 Å². The van der Waals surface area contributed by atoms with Gasteiger partial charge in [0.2, 0.25) is 0 Å². The number of nitrogens with zero attached hydrogens (tertiary/aromatic N) is 1. The van der Waals surface area contributed by atoms with Gasteiger partial charge in [0, 0.05) is 39.5 Å². The molecule has 1 spiro atoms. The molecule has 0 radical (unpaired) electrons. The lowest BCUT2D eigenvalue weighted by Gasteiger charge is -2.36. The third-order valence-electron chi connectivity index (χ3n) is 12.8. The minimum atomic E-state index is -0.683. The molecule has 13 rings (SSSR count). The maximum absolute atomic E-state index is 7.08. The number of furan rings is 2. The van der Waals surface area contributed by atoms with E-state index in [1.807, 2.05) is 12.1 Å². The van der Waals surface area contributed by atoms with Crippen LogP contribution in [0.5, 0.6) is 11.5 Å². The topological polar surface area (TPSA) is 38.8 Å². The SMILES string of the molecule is c1ccc(-c2ccc(-c3ccc(N(c4ccc5c(c4)oc4ccccc45)c4ccc5oc6c(c5c4)Oc4ccccc4C64c5ccccc5-c5ccccc54)cc3)cc2)cc1. The molecule has 0 saturated heterocycles. The lowest BCUT2D eigenvalue weighted by molar-refractivity contribution is 0.389. The van der Waals surface area contributed by atoms with Crippen molar-refractivity contribution in [1.82, 2.24) is 0 Å². The number of anilines is 3. The summed E-state index contributed by atoms with van der Waals surface area (Å²) in [7, 11) is 0. The zero-order valence-corrected chi connectivity index (χ0v) is 32.9. The van der Waals surface area contributed by atoms with Crippen molar-refractivity contribution in [3.63, 3.8) is 0 Å². The first kappa shape index (κ1) is 33.8. The lowest BCUT2D eigenvalue weighted by atomic mass is 9.69. The number of para-hydroxylation sites is 2. The summed E-state index contributed by atoms with van der Waals surface area (Å²) in [5.41, 5.74) is 15.4. The molecule has 0 N–H and O–H groups in total. The molecule has 0 amide bonds. The fraction of sp³-hybridized carbons (Fsp3) is 0.0175. The quantitative estimate of drug-likeness (QED) is 0.174. The van der Waals surface area contributed by atoms with Gasteiger partial charge in [0.25, 0.3) is 0 Å². The summed E-state index contributed by atoms with van der Waals surface area (Å²) in [4.78, 5) is 2.29. The molecule has 4 heteroatoms. The average Bonchev–Trinajstić information content (AvgIpc) is 3.98. The molecule has 3 heterocycles. The van der Waals surface area contributed by atoms with Gasteiger partial charge in [0.05, 0.1) is 5.39 Å². The Morgan fingerprint density at radius 2 is 0.869 bits per heavy atom. The van der Waals surface area contributed by atoms with Crippen molar-refractivity contribution < 1.29 is 13.6 Å². The molecule has 0 unspecified atom stereocenters. The Bertz CT molecular complexity index is 3460. The van der Waals surface area contributed by atoms with E-state index in [1.54, 1.807) is 0 Å². The first-order valence-electron chi connectivity index (χ1n) is 20.7. The highest BCUT2D eigenvalue weighted by molar-refractivity contribution is 6.06. The van der Waals surface area contributed by atoms with Crippen LogP contribution in [0.2, 0.25) is 0 Å². The number of rotatable bonds is 5. The standard InChI is InChI=1S/C57H35NO3/c1-2-12-36(13-3-1)37-22-24-38(25-23-37)39-26-28-40(29-27-39)58(42-30-32-46-45-16-6-10-20-51(45)59-54(46)35-42)41-31-33-52-47(34-41)55-56(61-52)57(50-19-9-11-21-53(50)60-55)48-17-7-4-14-43(48)44-15-5-8-18-49(44)57/h1-35H. The molecule has 1 aliphatic carbocycles. The third kappa shape index (κ3) is 4.93. The van der Waals surface area contributed by atoms with Gasteiger partial charge in [-0.25, -0.2) is 0 Å². The van der Waals surface area contributed by atoms with Crippen molar-refractivity contribution in [2.75, 3.05) is 4.90 Å². The van der Waals surface area contributed by atoms with Gasteiger partial charge in [0.15, 0.2) is 11.5 Å². The fourth-order valence-corrected chi connectivity index (χ4v) is 10.0. The summed E-state index contributed by atoms with van der Waals surface area (Å²) in [5, 5.41) is 3.10. The van der Waals surface area contributed by atoms with Crippen LogP contribution in [0.4, 0.5) is 17.1 Å². The van der Waals surface area contributed by atoms with Crippen molar-refractivity contribution in [2.24, 2.45) is 0 Å². The first-order valence-corrected chi connectivity index (χ1v) is 20.7. The van der Waals surface area contributed by atoms with Crippen LogP contribution in [0.25, 0.3) is 66.3 Å². The summed E-state index contributed by atoms with van der Waals surface area (Å²) >= 11 is 0. The van der Waals surface area contributed by atoms with Crippen molar-refractivity contribution in [1.29, 1.82) is 0 Å². The van der Waals surface area contributed by atoms with E-state index in [0.29, 0.717) is 0 Å². The highest BCUT2D eigenvalue weighted by Gasteiger charge is 2.54. The number of ether oxygens (including phenoxy) is 1. The van der Waals surface area contributed by atoms with Crippen LogP contribution in [-0.4, -0.2) is 0 Å². The summed E-state index contributed by atoms with van der Waals surface area (Å²) in [6.07, 6.45) is 0. The smallest absolute Gasteiger partial charge is 0.178 e. The van der Waals surface area contributed by atoms with Gasteiger partial charge >= 0.3 is 0 Å². The summed E-state index contributed by atoms with van der Waals surface area (Å²) in [6, 6.07) is 75.1. The number of hydrogen-bond donors (Lipinski definition) is 0. The number of hydrogen-bond acceptors (Lipinski definition) is 4. The van der Waals surface area contributed by atoms with Gasteiger partial charge < -0.3 is 18.5 Å². The Kier molecular flexibility index (Phi) is 7.19. The van der Waals surface area contributed by atoms with Crippen LogP contribution >= 0.6 is 0 Å². The van der Waals surface area contributed by atoms with Crippen LogP contribution < -0.4 is 9.64 Å². The van der Waals surface area contributed by atoms with Gasteiger partial charge in [0.1, 0.15) is 27.9 Å². The Hall–Kier alpha value is -8.08. The molecule has 2 aromatic heterocycles. The normalized spacial score (nSPS) is 13.2. The van der Waals surface area contributed by atoms with Gasteiger partial charge in [-0.05, 0) is 99.1 Å². The van der Waals surface area contributed by atoms with Crippen LogP contribution in [0.15, 0.2) is 221 Å². The summed E-state index contributed by atoms with van der Waals surface area (Å²) in [6.45, 7) is 0.